The van der Waals surface area contributed by atoms with Gasteiger partial charge in [-0.05, 0) is 37.9 Å². The van der Waals surface area contributed by atoms with Gasteiger partial charge in [-0.1, -0.05) is 0 Å². The van der Waals surface area contributed by atoms with Crippen LogP contribution < -0.4 is 11.3 Å². The molecule has 3 aromatic heterocycles. The molecule has 0 amide bonds. The number of nitrogens with one attached hydrogen (secondary N) is 2. The molecule has 18 heavy (non-hydrogen) atoms. The van der Waals surface area contributed by atoms with E-state index in [1.807, 2.05) is 6.07 Å². The smallest absolute Gasteiger partial charge is 0.278 e. The van der Waals surface area contributed by atoms with Gasteiger partial charge in [0.25, 0.3) is 5.56 Å². The van der Waals surface area contributed by atoms with Crippen molar-refractivity contribution in [2.45, 2.75) is 0 Å². The molecule has 92 valence electrons. The fourth-order valence-electron chi connectivity index (χ4n) is 1.55. The summed E-state index contributed by atoms with van der Waals surface area (Å²) >= 11 is 8.36. The summed E-state index contributed by atoms with van der Waals surface area (Å²) < 4.78 is 1.88. The van der Waals surface area contributed by atoms with Gasteiger partial charge < -0.3 is 10.7 Å². The number of anilines is 1. The van der Waals surface area contributed by atoms with Crippen molar-refractivity contribution >= 4 is 60.3 Å². The monoisotopic (exact) mass is 389 g/mol. The number of nitrogen functional groups attached to an aromatic ring is 1. The van der Waals surface area contributed by atoms with Crippen LogP contribution in [0.5, 0.6) is 0 Å². The lowest BCUT2D eigenvalue weighted by Gasteiger charge is -1.90. The van der Waals surface area contributed by atoms with Gasteiger partial charge in [0.1, 0.15) is 5.82 Å². The second kappa shape index (κ2) is 4.18. The number of H-pyrrole nitrogens is 2. The summed E-state index contributed by atoms with van der Waals surface area (Å²) in [5, 5.41) is 0. The maximum atomic E-state index is 11.7. The maximum Gasteiger partial charge on any atom is 0.278 e. The van der Waals surface area contributed by atoms with E-state index in [1.54, 1.807) is 0 Å². The molecule has 0 spiro atoms. The molecule has 0 aliphatic carbocycles. The fraction of sp³-hybridized carbons (Fsp3) is 0. The largest absolute Gasteiger partial charge is 0.369 e. The first-order valence-corrected chi connectivity index (χ1v) is 7.15. The lowest BCUT2D eigenvalue weighted by molar-refractivity contribution is 1.17. The van der Waals surface area contributed by atoms with Gasteiger partial charge in [0.05, 0.1) is 7.57 Å². The Morgan fingerprint density at radius 1 is 1.28 bits per heavy atom. The number of imidazole rings is 1. The number of thiophene rings is 1. The first-order chi connectivity index (χ1) is 8.54. The molecule has 0 bridgehead atoms. The minimum atomic E-state index is -0.332. The summed E-state index contributed by atoms with van der Waals surface area (Å²) in [6.07, 6.45) is 0. The number of halogens is 2. The number of fused-ring (bicyclic) bond motifs is 1. The molecule has 9 heteroatoms. The van der Waals surface area contributed by atoms with Crippen molar-refractivity contribution in [1.82, 2.24) is 19.9 Å². The number of hydrogen-bond acceptors (Lipinski definition) is 5. The zero-order chi connectivity index (χ0) is 12.9. The zero-order valence-electron chi connectivity index (χ0n) is 8.62. The summed E-state index contributed by atoms with van der Waals surface area (Å²) in [5.41, 5.74) is 6.62. The SMILES string of the molecule is Nc1nc2nc(-c3cc(Br)sc3Br)[nH]c2c(=O)[nH]1. The molecule has 3 heterocycles. The van der Waals surface area contributed by atoms with Gasteiger partial charge in [-0.2, -0.15) is 4.98 Å². The predicted molar refractivity (Wildman–Crippen MR) is 77.6 cm³/mol. The molecule has 0 saturated carbocycles. The van der Waals surface area contributed by atoms with Crippen LogP contribution in [0.4, 0.5) is 5.95 Å². The van der Waals surface area contributed by atoms with Gasteiger partial charge >= 0.3 is 0 Å². The highest BCUT2D eigenvalue weighted by Crippen LogP contribution is 2.37. The predicted octanol–water partition coefficient (Wildman–Crippen LogP) is 2.48. The van der Waals surface area contributed by atoms with Gasteiger partial charge in [-0.25, -0.2) is 4.98 Å². The van der Waals surface area contributed by atoms with Crippen molar-refractivity contribution in [2.24, 2.45) is 0 Å². The second-order valence-electron chi connectivity index (χ2n) is 3.47. The lowest BCUT2D eigenvalue weighted by atomic mass is 10.3. The molecule has 0 saturated heterocycles. The fourth-order valence-corrected chi connectivity index (χ4v) is 4.36. The van der Waals surface area contributed by atoms with Crippen molar-refractivity contribution in [1.29, 1.82) is 0 Å². The second-order valence-corrected chi connectivity index (χ2v) is 7.22. The van der Waals surface area contributed by atoms with E-state index in [9.17, 15) is 4.79 Å². The molecule has 0 radical (unpaired) electrons. The molecule has 0 aliphatic heterocycles. The van der Waals surface area contributed by atoms with Crippen LogP contribution in [0.2, 0.25) is 0 Å². The molecule has 4 N–H and O–H groups in total. The zero-order valence-corrected chi connectivity index (χ0v) is 12.6. The third kappa shape index (κ3) is 1.88. The topological polar surface area (TPSA) is 100 Å². The Labute approximate surface area is 121 Å². The molecule has 0 atom stereocenters. The first-order valence-electron chi connectivity index (χ1n) is 4.75. The normalized spacial score (nSPS) is 11.2. The number of hydrogen-bond donors (Lipinski definition) is 3. The van der Waals surface area contributed by atoms with E-state index < -0.39 is 0 Å². The average molecular weight is 391 g/mol. The Morgan fingerprint density at radius 2 is 2.06 bits per heavy atom. The summed E-state index contributed by atoms with van der Waals surface area (Å²) in [4.78, 5) is 25.3. The Hall–Kier alpha value is -1.19. The van der Waals surface area contributed by atoms with E-state index in [-0.39, 0.29) is 11.5 Å². The number of aromatic nitrogens is 4. The van der Waals surface area contributed by atoms with Gasteiger partial charge in [-0.3, -0.25) is 9.78 Å². The maximum absolute atomic E-state index is 11.7. The van der Waals surface area contributed by atoms with Crippen molar-refractivity contribution in [3.63, 3.8) is 0 Å². The molecular weight excluding hydrogens is 386 g/mol. The molecule has 0 unspecified atom stereocenters. The van der Waals surface area contributed by atoms with Crippen LogP contribution >= 0.6 is 43.2 Å². The minimum Gasteiger partial charge on any atom is -0.369 e. The number of nitrogens with two attached hydrogens (primary N) is 1. The summed E-state index contributed by atoms with van der Waals surface area (Å²) in [6.45, 7) is 0. The summed E-state index contributed by atoms with van der Waals surface area (Å²) in [5.74, 6) is 0.624. The van der Waals surface area contributed by atoms with Crippen LogP contribution in [0.1, 0.15) is 0 Å². The Balaban J connectivity index is 2.29. The third-order valence-electron chi connectivity index (χ3n) is 2.29. The third-order valence-corrected chi connectivity index (χ3v) is 4.63. The summed E-state index contributed by atoms with van der Waals surface area (Å²) in [7, 11) is 0. The van der Waals surface area contributed by atoms with Crippen molar-refractivity contribution in [3.05, 3.63) is 24.0 Å². The standard InChI is InChI=1S/C9H5Br2N5OS/c10-3-1-2(5(11)18-3)6-13-4-7(14-6)15-9(12)16-8(4)17/h1H,(H4,12,13,14,15,16,17). The molecule has 6 nitrogen and oxygen atoms in total. The lowest BCUT2D eigenvalue weighted by Crippen LogP contribution is -2.10. The van der Waals surface area contributed by atoms with Gasteiger partial charge in [-0.15, -0.1) is 11.3 Å². The molecule has 0 aromatic carbocycles. The van der Waals surface area contributed by atoms with Crippen molar-refractivity contribution in [2.75, 3.05) is 5.73 Å². The average Bonchev–Trinajstić information content (AvgIpc) is 2.81. The number of nitrogens with zero attached hydrogens (tertiary/aromatic N) is 2. The van der Waals surface area contributed by atoms with E-state index in [1.165, 1.54) is 11.3 Å². The quantitative estimate of drug-likeness (QED) is 0.594. The van der Waals surface area contributed by atoms with Crippen molar-refractivity contribution in [3.8, 4) is 11.4 Å². The number of rotatable bonds is 1. The summed E-state index contributed by atoms with van der Waals surface area (Å²) in [6, 6.07) is 1.91. The van der Waals surface area contributed by atoms with Gasteiger partial charge in [0, 0.05) is 5.56 Å². The van der Waals surface area contributed by atoms with E-state index in [0.717, 1.165) is 13.1 Å². The molecule has 0 aliphatic rings. The Morgan fingerprint density at radius 3 is 2.72 bits per heavy atom. The van der Waals surface area contributed by atoms with E-state index in [2.05, 4.69) is 51.8 Å². The van der Waals surface area contributed by atoms with Crippen molar-refractivity contribution < 1.29 is 0 Å². The molecular formula is C9H5Br2N5OS. The van der Waals surface area contributed by atoms with E-state index in [4.69, 9.17) is 5.73 Å². The van der Waals surface area contributed by atoms with Gasteiger partial charge in [0.15, 0.2) is 11.2 Å². The minimum absolute atomic E-state index is 0.0520. The molecule has 3 rings (SSSR count). The van der Waals surface area contributed by atoms with E-state index in [0.29, 0.717) is 17.0 Å². The van der Waals surface area contributed by atoms with E-state index >= 15 is 0 Å². The highest BCUT2D eigenvalue weighted by atomic mass is 79.9. The first kappa shape index (κ1) is 11.9. The highest BCUT2D eigenvalue weighted by molar-refractivity contribution is 9.12. The van der Waals surface area contributed by atoms with Gasteiger partial charge in [0.2, 0.25) is 5.95 Å². The Kier molecular flexibility index (Phi) is 2.76. The van der Waals surface area contributed by atoms with Crippen LogP contribution in [0.25, 0.3) is 22.6 Å². The number of aromatic amines is 2. The molecule has 0 fully saturated rings. The van der Waals surface area contributed by atoms with Crippen LogP contribution in [0, 0.1) is 0 Å². The van der Waals surface area contributed by atoms with Crippen LogP contribution in [-0.4, -0.2) is 19.9 Å². The molecule has 3 aromatic rings. The Bertz CT molecular complexity index is 805. The van der Waals surface area contributed by atoms with Crippen LogP contribution in [-0.2, 0) is 0 Å². The van der Waals surface area contributed by atoms with Crippen LogP contribution in [0.15, 0.2) is 18.4 Å². The van der Waals surface area contributed by atoms with Crippen LogP contribution in [0.3, 0.4) is 0 Å². The highest BCUT2D eigenvalue weighted by Gasteiger charge is 2.14.